The number of anilines is 1. The summed E-state index contributed by atoms with van der Waals surface area (Å²) >= 11 is 1.81. The SMILES string of the molecule is Cc1scc(CNc2ccc3cn[nH]c3c2)c1C. The number of benzene rings is 1. The van der Waals surface area contributed by atoms with Crippen molar-refractivity contribution < 1.29 is 0 Å². The van der Waals surface area contributed by atoms with Gasteiger partial charge in [-0.05, 0) is 48.6 Å². The third kappa shape index (κ3) is 1.99. The monoisotopic (exact) mass is 257 g/mol. The molecule has 0 aliphatic rings. The van der Waals surface area contributed by atoms with Gasteiger partial charge in [0.25, 0.3) is 0 Å². The van der Waals surface area contributed by atoms with Crippen molar-refractivity contribution in [2.75, 3.05) is 5.32 Å². The summed E-state index contributed by atoms with van der Waals surface area (Å²) in [6, 6.07) is 6.26. The highest BCUT2D eigenvalue weighted by Crippen LogP contribution is 2.22. The number of thiophene rings is 1. The molecular weight excluding hydrogens is 242 g/mol. The lowest BCUT2D eigenvalue weighted by Crippen LogP contribution is -1.99. The molecule has 0 amide bonds. The van der Waals surface area contributed by atoms with E-state index in [2.05, 4.69) is 52.9 Å². The minimum atomic E-state index is 0.871. The molecule has 3 aromatic rings. The van der Waals surface area contributed by atoms with Gasteiger partial charge in [0.1, 0.15) is 0 Å². The second kappa shape index (κ2) is 4.46. The summed E-state index contributed by atoms with van der Waals surface area (Å²) in [5.41, 5.74) is 4.96. The standard InChI is InChI=1S/C14H15N3S/c1-9-10(2)18-8-12(9)6-15-13-4-3-11-7-16-17-14(11)5-13/h3-5,7-8,15H,6H2,1-2H3,(H,16,17). The fraction of sp³-hybridized carbons (Fsp3) is 0.214. The first-order valence-electron chi connectivity index (χ1n) is 5.94. The van der Waals surface area contributed by atoms with Gasteiger partial charge in [-0.3, -0.25) is 5.10 Å². The molecular formula is C14H15N3S. The number of aromatic amines is 1. The maximum Gasteiger partial charge on any atom is 0.0670 e. The molecule has 0 aliphatic carbocycles. The van der Waals surface area contributed by atoms with Gasteiger partial charge in [-0.2, -0.15) is 5.10 Å². The summed E-state index contributed by atoms with van der Waals surface area (Å²) < 4.78 is 0. The van der Waals surface area contributed by atoms with Crippen molar-refractivity contribution in [3.05, 3.63) is 45.8 Å². The summed E-state index contributed by atoms with van der Waals surface area (Å²) in [5.74, 6) is 0. The highest BCUT2D eigenvalue weighted by atomic mass is 32.1. The molecule has 0 spiro atoms. The molecule has 2 heterocycles. The number of hydrogen-bond donors (Lipinski definition) is 2. The Morgan fingerprint density at radius 1 is 1.33 bits per heavy atom. The van der Waals surface area contributed by atoms with Gasteiger partial charge in [0.15, 0.2) is 0 Å². The molecule has 0 atom stereocenters. The van der Waals surface area contributed by atoms with Gasteiger partial charge in [-0.1, -0.05) is 0 Å². The number of aromatic nitrogens is 2. The molecule has 1 aromatic carbocycles. The third-order valence-electron chi connectivity index (χ3n) is 3.31. The first-order valence-corrected chi connectivity index (χ1v) is 6.82. The van der Waals surface area contributed by atoms with E-state index in [0.29, 0.717) is 0 Å². The molecule has 0 fully saturated rings. The van der Waals surface area contributed by atoms with Crippen LogP contribution in [0.1, 0.15) is 16.0 Å². The largest absolute Gasteiger partial charge is 0.381 e. The Labute approximate surface area is 110 Å². The number of nitrogens with one attached hydrogen (secondary N) is 2. The predicted molar refractivity (Wildman–Crippen MR) is 77.2 cm³/mol. The Morgan fingerprint density at radius 2 is 2.22 bits per heavy atom. The lowest BCUT2D eigenvalue weighted by atomic mass is 10.1. The fourth-order valence-corrected chi connectivity index (χ4v) is 2.87. The number of hydrogen-bond acceptors (Lipinski definition) is 3. The highest BCUT2D eigenvalue weighted by Gasteiger charge is 2.04. The molecule has 0 aliphatic heterocycles. The van der Waals surface area contributed by atoms with Gasteiger partial charge in [0, 0.05) is 22.5 Å². The lowest BCUT2D eigenvalue weighted by Gasteiger charge is -2.06. The maximum absolute atomic E-state index is 4.03. The van der Waals surface area contributed by atoms with E-state index in [1.807, 2.05) is 17.5 Å². The topological polar surface area (TPSA) is 40.7 Å². The molecule has 18 heavy (non-hydrogen) atoms. The van der Waals surface area contributed by atoms with Gasteiger partial charge >= 0.3 is 0 Å². The first-order chi connectivity index (χ1) is 8.74. The Bertz CT molecular complexity index is 681. The molecule has 0 unspecified atom stereocenters. The van der Waals surface area contributed by atoms with Crippen molar-refractivity contribution in [1.29, 1.82) is 0 Å². The van der Waals surface area contributed by atoms with E-state index in [4.69, 9.17) is 0 Å². The van der Waals surface area contributed by atoms with E-state index < -0.39 is 0 Å². The minimum absolute atomic E-state index is 0.871. The number of H-pyrrole nitrogens is 1. The summed E-state index contributed by atoms with van der Waals surface area (Å²) in [4.78, 5) is 1.40. The Morgan fingerprint density at radius 3 is 3.00 bits per heavy atom. The van der Waals surface area contributed by atoms with Gasteiger partial charge in [-0.25, -0.2) is 0 Å². The first kappa shape index (κ1) is 11.3. The van der Waals surface area contributed by atoms with Crippen molar-refractivity contribution in [3.63, 3.8) is 0 Å². The number of aryl methyl sites for hydroxylation is 1. The van der Waals surface area contributed by atoms with Gasteiger partial charge in [0.05, 0.1) is 11.7 Å². The van der Waals surface area contributed by atoms with Crippen LogP contribution in [0.4, 0.5) is 5.69 Å². The van der Waals surface area contributed by atoms with Crippen LogP contribution in [0.3, 0.4) is 0 Å². The zero-order valence-electron chi connectivity index (χ0n) is 10.4. The van der Waals surface area contributed by atoms with E-state index in [9.17, 15) is 0 Å². The molecule has 0 radical (unpaired) electrons. The van der Waals surface area contributed by atoms with Crippen LogP contribution in [0.2, 0.25) is 0 Å². The second-order valence-electron chi connectivity index (χ2n) is 4.47. The molecule has 3 nitrogen and oxygen atoms in total. The normalized spacial score (nSPS) is 11.0. The number of rotatable bonds is 3. The Balaban J connectivity index is 1.78. The van der Waals surface area contributed by atoms with Crippen molar-refractivity contribution in [2.24, 2.45) is 0 Å². The van der Waals surface area contributed by atoms with Gasteiger partial charge in [-0.15, -0.1) is 11.3 Å². The van der Waals surface area contributed by atoms with Crippen LogP contribution < -0.4 is 5.32 Å². The van der Waals surface area contributed by atoms with Crippen LogP contribution in [0, 0.1) is 13.8 Å². The third-order valence-corrected chi connectivity index (χ3v) is 4.37. The molecule has 0 bridgehead atoms. The molecule has 92 valence electrons. The quantitative estimate of drug-likeness (QED) is 0.748. The fourth-order valence-electron chi connectivity index (χ4n) is 1.98. The van der Waals surface area contributed by atoms with E-state index in [-0.39, 0.29) is 0 Å². The van der Waals surface area contributed by atoms with Crippen LogP contribution >= 0.6 is 11.3 Å². The smallest absolute Gasteiger partial charge is 0.0670 e. The molecule has 2 N–H and O–H groups in total. The predicted octanol–water partition coefficient (Wildman–Crippen LogP) is 3.85. The Kier molecular flexibility index (Phi) is 2.80. The van der Waals surface area contributed by atoms with Crippen molar-refractivity contribution in [2.45, 2.75) is 20.4 Å². The second-order valence-corrected chi connectivity index (χ2v) is 5.55. The van der Waals surface area contributed by atoms with E-state index in [1.54, 1.807) is 0 Å². The zero-order valence-corrected chi connectivity index (χ0v) is 11.3. The molecule has 3 rings (SSSR count). The summed E-state index contributed by atoms with van der Waals surface area (Å²) in [6.45, 7) is 5.22. The summed E-state index contributed by atoms with van der Waals surface area (Å²) in [6.07, 6.45) is 1.84. The zero-order chi connectivity index (χ0) is 12.5. The van der Waals surface area contributed by atoms with E-state index >= 15 is 0 Å². The highest BCUT2D eigenvalue weighted by molar-refractivity contribution is 7.10. The van der Waals surface area contributed by atoms with Gasteiger partial charge in [0.2, 0.25) is 0 Å². The molecule has 0 saturated heterocycles. The van der Waals surface area contributed by atoms with Gasteiger partial charge < -0.3 is 5.32 Å². The van der Waals surface area contributed by atoms with Crippen LogP contribution in [0.15, 0.2) is 29.8 Å². The van der Waals surface area contributed by atoms with Crippen LogP contribution in [0.25, 0.3) is 10.9 Å². The van der Waals surface area contributed by atoms with Crippen LogP contribution in [-0.2, 0) is 6.54 Å². The van der Waals surface area contributed by atoms with Crippen LogP contribution in [0.5, 0.6) is 0 Å². The summed E-state index contributed by atoms with van der Waals surface area (Å²) in [7, 11) is 0. The molecule has 2 aromatic heterocycles. The maximum atomic E-state index is 4.03. The van der Waals surface area contributed by atoms with Crippen molar-refractivity contribution >= 4 is 27.9 Å². The molecule has 4 heteroatoms. The van der Waals surface area contributed by atoms with E-state index in [0.717, 1.165) is 23.1 Å². The average Bonchev–Trinajstić information content (AvgIpc) is 2.96. The minimum Gasteiger partial charge on any atom is -0.381 e. The number of fused-ring (bicyclic) bond motifs is 1. The van der Waals surface area contributed by atoms with Crippen molar-refractivity contribution in [3.8, 4) is 0 Å². The lowest BCUT2D eigenvalue weighted by molar-refractivity contribution is 1.11. The van der Waals surface area contributed by atoms with E-state index in [1.165, 1.54) is 16.0 Å². The Hall–Kier alpha value is -1.81. The number of nitrogens with zero attached hydrogens (tertiary/aromatic N) is 1. The van der Waals surface area contributed by atoms with Crippen molar-refractivity contribution in [1.82, 2.24) is 10.2 Å². The summed E-state index contributed by atoms with van der Waals surface area (Å²) in [5, 5.41) is 13.8. The van der Waals surface area contributed by atoms with Crippen LogP contribution in [-0.4, -0.2) is 10.2 Å². The molecule has 0 saturated carbocycles. The average molecular weight is 257 g/mol.